The summed E-state index contributed by atoms with van der Waals surface area (Å²) < 4.78 is 8.61. The summed E-state index contributed by atoms with van der Waals surface area (Å²) in [6.45, 7) is 0. The predicted octanol–water partition coefficient (Wildman–Crippen LogP) is 7.75. The highest BCUT2D eigenvalue weighted by atomic mass is 16.3. The summed E-state index contributed by atoms with van der Waals surface area (Å²) >= 11 is 0. The number of nitriles is 1. The van der Waals surface area contributed by atoms with E-state index in [2.05, 4.69) is 82.4 Å². The van der Waals surface area contributed by atoms with Gasteiger partial charge in [0, 0.05) is 45.4 Å². The van der Waals surface area contributed by atoms with Gasteiger partial charge >= 0.3 is 0 Å². The van der Waals surface area contributed by atoms with E-state index in [4.69, 9.17) is 4.42 Å². The molecule has 0 spiro atoms. The van der Waals surface area contributed by atoms with E-state index in [0.717, 1.165) is 57.9 Å². The molecule has 4 heteroatoms. The van der Waals surface area contributed by atoms with Gasteiger partial charge in [-0.25, -0.2) is 4.99 Å². The van der Waals surface area contributed by atoms with E-state index in [1.807, 2.05) is 12.1 Å². The van der Waals surface area contributed by atoms with E-state index >= 15 is 0 Å². The molecule has 0 amide bonds. The molecule has 0 fully saturated rings. The van der Waals surface area contributed by atoms with Gasteiger partial charge in [0.05, 0.1) is 11.0 Å². The van der Waals surface area contributed by atoms with E-state index in [1.54, 1.807) is 6.20 Å². The van der Waals surface area contributed by atoms with Gasteiger partial charge in [0.1, 0.15) is 22.9 Å². The zero-order valence-electron chi connectivity index (χ0n) is 18.5. The average Bonchev–Trinajstić information content (AvgIpc) is 3.42. The van der Waals surface area contributed by atoms with Crippen molar-refractivity contribution in [2.45, 2.75) is 19.3 Å². The van der Waals surface area contributed by atoms with Crippen LogP contribution < -0.4 is 0 Å². The van der Waals surface area contributed by atoms with Gasteiger partial charge in [0.15, 0.2) is 0 Å². The molecule has 1 unspecified atom stereocenters. The summed E-state index contributed by atoms with van der Waals surface area (Å²) in [4.78, 5) is 4.40. The Morgan fingerprint density at radius 2 is 1.74 bits per heavy atom. The topological polar surface area (TPSA) is 54.2 Å². The Kier molecular flexibility index (Phi) is 4.13. The molecule has 0 bridgehead atoms. The highest BCUT2D eigenvalue weighted by Crippen LogP contribution is 2.41. The van der Waals surface area contributed by atoms with Crippen molar-refractivity contribution in [2.75, 3.05) is 0 Å². The highest BCUT2D eigenvalue weighted by Gasteiger charge is 2.27. The standard InChI is InChI=1S/C30H21N3O/c31-18-25-19(11-7-15-32-25)20-8-1-4-12-26(20)33-27-13-5-2-9-21(27)23-16-24-22-10-3-6-14-29(22)34-30(24)17-28(23)33/h2-7,9-10,12-17,19H,1,8,11H2. The third-order valence-corrected chi connectivity index (χ3v) is 7.15. The SMILES string of the molecule is N#CC1=NC=CCC1C1=C(n2c3ccccc3c3cc4c(cc32)oc2ccccc24)C=CCC1. The van der Waals surface area contributed by atoms with Crippen LogP contribution in [-0.2, 0) is 0 Å². The maximum atomic E-state index is 9.77. The summed E-state index contributed by atoms with van der Waals surface area (Å²) in [6.07, 6.45) is 11.0. The molecule has 162 valence electrons. The molecule has 0 saturated heterocycles. The number of aromatic nitrogens is 1. The molecule has 1 atom stereocenters. The Morgan fingerprint density at radius 3 is 2.65 bits per heavy atom. The Morgan fingerprint density at radius 1 is 0.882 bits per heavy atom. The van der Waals surface area contributed by atoms with Crippen LogP contribution in [0.5, 0.6) is 0 Å². The maximum absolute atomic E-state index is 9.77. The normalized spacial score (nSPS) is 18.3. The number of furan rings is 1. The monoisotopic (exact) mass is 439 g/mol. The third kappa shape index (κ3) is 2.67. The second-order valence-corrected chi connectivity index (χ2v) is 8.97. The fourth-order valence-electron chi connectivity index (χ4n) is 5.63. The van der Waals surface area contributed by atoms with E-state index < -0.39 is 0 Å². The molecule has 0 N–H and O–H groups in total. The lowest BCUT2D eigenvalue weighted by Gasteiger charge is -2.25. The first-order valence-corrected chi connectivity index (χ1v) is 11.7. The van der Waals surface area contributed by atoms with Gasteiger partial charge in [0.25, 0.3) is 0 Å². The molecule has 1 aliphatic heterocycles. The van der Waals surface area contributed by atoms with Crippen LogP contribution in [0.15, 0.2) is 100 Å². The van der Waals surface area contributed by atoms with Crippen molar-refractivity contribution in [2.24, 2.45) is 10.9 Å². The molecular weight excluding hydrogens is 418 g/mol. The maximum Gasteiger partial charge on any atom is 0.137 e. The fourth-order valence-corrected chi connectivity index (χ4v) is 5.63. The van der Waals surface area contributed by atoms with Crippen LogP contribution in [0.1, 0.15) is 19.3 Å². The summed E-state index contributed by atoms with van der Waals surface area (Å²) in [6, 6.07) is 23.6. The quantitative estimate of drug-likeness (QED) is 0.282. The van der Waals surface area contributed by atoms with E-state index in [9.17, 15) is 5.26 Å². The van der Waals surface area contributed by atoms with Gasteiger partial charge in [-0.15, -0.1) is 0 Å². The first-order chi connectivity index (χ1) is 16.8. The minimum Gasteiger partial charge on any atom is -0.456 e. The number of hydrogen-bond donors (Lipinski definition) is 0. The molecule has 2 aliphatic rings. The van der Waals surface area contributed by atoms with Gasteiger partial charge in [-0.1, -0.05) is 48.6 Å². The lowest BCUT2D eigenvalue weighted by molar-refractivity contribution is 0.669. The van der Waals surface area contributed by atoms with Crippen molar-refractivity contribution in [1.29, 1.82) is 5.26 Å². The van der Waals surface area contributed by atoms with Gasteiger partial charge < -0.3 is 8.98 Å². The van der Waals surface area contributed by atoms with Crippen LogP contribution in [0.2, 0.25) is 0 Å². The van der Waals surface area contributed by atoms with Crippen LogP contribution in [0.3, 0.4) is 0 Å². The number of aliphatic imine (C=N–C) groups is 1. The lowest BCUT2D eigenvalue weighted by atomic mass is 9.83. The molecule has 7 rings (SSSR count). The average molecular weight is 440 g/mol. The lowest BCUT2D eigenvalue weighted by Crippen LogP contribution is -2.20. The van der Waals surface area contributed by atoms with Crippen molar-refractivity contribution < 1.29 is 4.42 Å². The Labute approximate surface area is 196 Å². The van der Waals surface area contributed by atoms with Crippen molar-refractivity contribution in [3.63, 3.8) is 0 Å². The Balaban J connectivity index is 1.58. The number of para-hydroxylation sites is 2. The van der Waals surface area contributed by atoms with Crippen LogP contribution in [-0.4, -0.2) is 10.3 Å². The number of benzene rings is 3. The number of nitrogens with zero attached hydrogens (tertiary/aromatic N) is 3. The van der Waals surface area contributed by atoms with Crippen molar-refractivity contribution >= 4 is 55.2 Å². The van der Waals surface area contributed by atoms with Gasteiger partial charge in [-0.3, -0.25) is 0 Å². The molecule has 2 aromatic heterocycles. The second kappa shape index (κ2) is 7.33. The predicted molar refractivity (Wildman–Crippen MR) is 139 cm³/mol. The van der Waals surface area contributed by atoms with E-state index in [1.165, 1.54) is 16.3 Å². The number of hydrogen-bond acceptors (Lipinski definition) is 3. The largest absolute Gasteiger partial charge is 0.456 e. The number of allylic oxidation sites excluding steroid dienone is 5. The van der Waals surface area contributed by atoms with Crippen LogP contribution >= 0.6 is 0 Å². The molecule has 5 aromatic rings. The van der Waals surface area contributed by atoms with E-state index in [-0.39, 0.29) is 5.92 Å². The zero-order chi connectivity index (χ0) is 22.6. The molecule has 3 aromatic carbocycles. The Bertz CT molecular complexity index is 1800. The molecule has 34 heavy (non-hydrogen) atoms. The summed E-state index contributed by atoms with van der Waals surface area (Å²) in [7, 11) is 0. The van der Waals surface area contributed by atoms with Crippen molar-refractivity contribution in [1.82, 2.24) is 4.57 Å². The zero-order valence-corrected chi connectivity index (χ0v) is 18.5. The highest BCUT2D eigenvalue weighted by molar-refractivity contribution is 6.18. The summed E-state index contributed by atoms with van der Waals surface area (Å²) in [5, 5.41) is 14.5. The molecule has 0 radical (unpaired) electrons. The minimum absolute atomic E-state index is 0.0149. The van der Waals surface area contributed by atoms with E-state index in [0.29, 0.717) is 5.71 Å². The summed E-state index contributed by atoms with van der Waals surface area (Å²) in [5.41, 5.74) is 7.10. The molecule has 0 saturated carbocycles. The van der Waals surface area contributed by atoms with Gasteiger partial charge in [0.2, 0.25) is 0 Å². The first-order valence-electron chi connectivity index (χ1n) is 11.7. The third-order valence-electron chi connectivity index (χ3n) is 7.15. The van der Waals surface area contributed by atoms with Crippen LogP contribution in [0.25, 0.3) is 49.4 Å². The number of rotatable bonds is 2. The smallest absolute Gasteiger partial charge is 0.137 e. The first kappa shape index (κ1) is 19.1. The second-order valence-electron chi connectivity index (χ2n) is 8.97. The molecule has 4 nitrogen and oxygen atoms in total. The van der Waals surface area contributed by atoms with Crippen LogP contribution in [0, 0.1) is 17.2 Å². The van der Waals surface area contributed by atoms with Crippen LogP contribution in [0.4, 0.5) is 0 Å². The van der Waals surface area contributed by atoms with Crippen molar-refractivity contribution in [3.05, 3.63) is 90.7 Å². The molecule has 3 heterocycles. The molecular formula is C30H21N3O. The molecule has 1 aliphatic carbocycles. The van der Waals surface area contributed by atoms with Crippen molar-refractivity contribution in [3.8, 4) is 6.07 Å². The fraction of sp³-hybridized carbons (Fsp3) is 0.133. The summed E-state index contributed by atoms with van der Waals surface area (Å²) in [5.74, 6) is 0.0149. The van der Waals surface area contributed by atoms with Gasteiger partial charge in [-0.05, 0) is 49.1 Å². The minimum atomic E-state index is 0.0149. The Hall–Kier alpha value is -4.36. The number of fused-ring (bicyclic) bond motifs is 6. The van der Waals surface area contributed by atoms with Gasteiger partial charge in [-0.2, -0.15) is 5.26 Å².